The Labute approximate surface area is 123 Å². The van der Waals surface area contributed by atoms with Gasteiger partial charge >= 0.3 is 5.97 Å². The number of carbonyl (C=O) groups excluding carboxylic acids is 1. The van der Waals surface area contributed by atoms with Gasteiger partial charge in [0.25, 0.3) is 5.91 Å². The average molecular weight is 286 g/mol. The maximum absolute atomic E-state index is 12.1. The summed E-state index contributed by atoms with van der Waals surface area (Å²) in [6.07, 6.45) is 2.35. The zero-order chi connectivity index (χ0) is 15.1. The molecule has 1 amide bonds. The number of benzene rings is 1. The van der Waals surface area contributed by atoms with Crippen molar-refractivity contribution in [3.8, 4) is 0 Å². The molecule has 0 aliphatic heterocycles. The lowest BCUT2D eigenvalue weighted by atomic mass is 10.2. The zero-order valence-electron chi connectivity index (χ0n) is 11.7. The second-order valence-electron chi connectivity index (χ2n) is 4.76. The van der Waals surface area contributed by atoms with E-state index in [-0.39, 0.29) is 12.3 Å². The number of aliphatic carboxylic acids is 1. The lowest BCUT2D eigenvalue weighted by Crippen LogP contribution is -2.27. The van der Waals surface area contributed by atoms with Gasteiger partial charge in [0.05, 0.1) is 0 Å². The molecule has 5 heteroatoms. The molecule has 1 heterocycles. The number of carbonyl (C=O) groups is 2. The zero-order valence-corrected chi connectivity index (χ0v) is 11.7. The fourth-order valence-electron chi connectivity index (χ4n) is 2.07. The molecule has 0 fully saturated rings. The van der Waals surface area contributed by atoms with Gasteiger partial charge in [-0.25, -0.2) is 0 Å². The van der Waals surface area contributed by atoms with E-state index in [4.69, 9.17) is 5.11 Å². The van der Waals surface area contributed by atoms with Crippen LogP contribution in [0.25, 0.3) is 0 Å². The monoisotopic (exact) mass is 286 g/mol. The maximum Gasteiger partial charge on any atom is 0.303 e. The molecule has 2 N–H and O–H groups in total. The minimum Gasteiger partial charge on any atom is -0.481 e. The Balaban J connectivity index is 1.93. The van der Waals surface area contributed by atoms with Crippen molar-refractivity contribution < 1.29 is 14.7 Å². The molecule has 110 valence electrons. The molecule has 2 rings (SSSR count). The highest BCUT2D eigenvalue weighted by molar-refractivity contribution is 5.92. The lowest BCUT2D eigenvalue weighted by Gasteiger charge is -2.09. The molecule has 0 aliphatic rings. The number of hydrogen-bond acceptors (Lipinski definition) is 2. The highest BCUT2D eigenvalue weighted by Gasteiger charge is 2.10. The van der Waals surface area contributed by atoms with E-state index in [0.29, 0.717) is 25.2 Å². The molecule has 1 aromatic carbocycles. The van der Waals surface area contributed by atoms with Crippen molar-refractivity contribution in [3.63, 3.8) is 0 Å². The second-order valence-corrected chi connectivity index (χ2v) is 4.76. The Morgan fingerprint density at radius 3 is 2.57 bits per heavy atom. The van der Waals surface area contributed by atoms with Crippen molar-refractivity contribution in [1.82, 2.24) is 9.88 Å². The van der Waals surface area contributed by atoms with Crippen LogP contribution in [0.15, 0.2) is 48.7 Å². The standard InChI is InChI=1S/C16H18N2O3/c19-15(20)9-4-10-17-16(21)14-8-5-11-18(14)12-13-6-2-1-3-7-13/h1-3,5-8,11H,4,9-10,12H2,(H,17,21)(H,19,20). The van der Waals surface area contributed by atoms with E-state index in [1.165, 1.54) is 0 Å². The van der Waals surface area contributed by atoms with E-state index in [0.717, 1.165) is 5.56 Å². The van der Waals surface area contributed by atoms with Crippen LogP contribution in [0.2, 0.25) is 0 Å². The number of rotatable bonds is 7. The van der Waals surface area contributed by atoms with E-state index >= 15 is 0 Å². The fraction of sp³-hybridized carbons (Fsp3) is 0.250. The van der Waals surface area contributed by atoms with Gasteiger partial charge in [-0.2, -0.15) is 0 Å². The predicted molar refractivity (Wildman–Crippen MR) is 79.2 cm³/mol. The quantitative estimate of drug-likeness (QED) is 0.766. The largest absolute Gasteiger partial charge is 0.481 e. The number of amides is 1. The second kappa shape index (κ2) is 7.28. The minimum atomic E-state index is -0.850. The SMILES string of the molecule is O=C(O)CCCNC(=O)c1cccn1Cc1ccccc1. The van der Waals surface area contributed by atoms with Crippen molar-refractivity contribution in [2.24, 2.45) is 0 Å². The van der Waals surface area contributed by atoms with Crippen molar-refractivity contribution in [3.05, 3.63) is 59.9 Å². The van der Waals surface area contributed by atoms with Gasteiger partial charge < -0.3 is 15.0 Å². The van der Waals surface area contributed by atoms with Crippen LogP contribution in [0.4, 0.5) is 0 Å². The van der Waals surface area contributed by atoms with E-state index in [1.54, 1.807) is 6.07 Å². The molecule has 0 aliphatic carbocycles. The molecule has 0 atom stereocenters. The third-order valence-corrected chi connectivity index (χ3v) is 3.11. The van der Waals surface area contributed by atoms with Crippen LogP contribution < -0.4 is 5.32 Å². The molecule has 0 radical (unpaired) electrons. The molecular weight excluding hydrogens is 268 g/mol. The molecule has 21 heavy (non-hydrogen) atoms. The molecule has 2 aromatic rings. The minimum absolute atomic E-state index is 0.0608. The summed E-state index contributed by atoms with van der Waals surface area (Å²) in [6, 6.07) is 13.5. The van der Waals surface area contributed by atoms with Gasteiger partial charge in [0, 0.05) is 25.7 Å². The number of aromatic nitrogens is 1. The number of nitrogens with zero attached hydrogens (tertiary/aromatic N) is 1. The smallest absolute Gasteiger partial charge is 0.303 e. The number of nitrogens with one attached hydrogen (secondary N) is 1. The number of carboxylic acids is 1. The molecule has 0 saturated heterocycles. The number of hydrogen-bond donors (Lipinski definition) is 2. The molecular formula is C16H18N2O3. The summed E-state index contributed by atoms with van der Waals surface area (Å²) in [5.74, 6) is -1.03. The van der Waals surface area contributed by atoms with Crippen LogP contribution in [0.5, 0.6) is 0 Å². The Kier molecular flexibility index (Phi) is 5.15. The number of carboxylic acid groups (broad SMARTS) is 1. The molecule has 5 nitrogen and oxygen atoms in total. The summed E-state index contributed by atoms with van der Waals surface area (Å²) in [7, 11) is 0. The predicted octanol–water partition coefficient (Wildman–Crippen LogP) is 2.13. The third kappa shape index (κ3) is 4.49. The Morgan fingerprint density at radius 1 is 1.10 bits per heavy atom. The van der Waals surface area contributed by atoms with E-state index in [2.05, 4.69) is 5.32 Å². The van der Waals surface area contributed by atoms with Crippen molar-refractivity contribution in [1.29, 1.82) is 0 Å². The van der Waals surface area contributed by atoms with Crippen molar-refractivity contribution in [2.75, 3.05) is 6.54 Å². The molecule has 1 aromatic heterocycles. The van der Waals surface area contributed by atoms with Crippen LogP contribution in [0.3, 0.4) is 0 Å². The summed E-state index contributed by atoms with van der Waals surface area (Å²) in [4.78, 5) is 22.5. The van der Waals surface area contributed by atoms with E-state index < -0.39 is 5.97 Å². The first-order chi connectivity index (χ1) is 10.2. The third-order valence-electron chi connectivity index (χ3n) is 3.11. The molecule has 0 spiro atoms. The highest BCUT2D eigenvalue weighted by Crippen LogP contribution is 2.08. The summed E-state index contributed by atoms with van der Waals surface area (Å²) in [5.41, 5.74) is 1.70. The van der Waals surface area contributed by atoms with Gasteiger partial charge in [-0.1, -0.05) is 30.3 Å². The lowest BCUT2D eigenvalue weighted by molar-refractivity contribution is -0.137. The Hall–Kier alpha value is -2.56. The van der Waals surface area contributed by atoms with E-state index in [1.807, 2.05) is 47.2 Å². The highest BCUT2D eigenvalue weighted by atomic mass is 16.4. The molecule has 0 saturated carbocycles. The van der Waals surface area contributed by atoms with Crippen LogP contribution in [-0.4, -0.2) is 28.1 Å². The molecule has 0 unspecified atom stereocenters. The first-order valence-electron chi connectivity index (χ1n) is 6.86. The maximum atomic E-state index is 12.1. The summed E-state index contributed by atoms with van der Waals surface area (Å²) >= 11 is 0. The van der Waals surface area contributed by atoms with Crippen LogP contribution in [0.1, 0.15) is 28.9 Å². The van der Waals surface area contributed by atoms with Gasteiger partial charge in [-0.3, -0.25) is 9.59 Å². The van der Waals surface area contributed by atoms with E-state index in [9.17, 15) is 9.59 Å². The van der Waals surface area contributed by atoms with Gasteiger partial charge in [0.15, 0.2) is 0 Å². The topological polar surface area (TPSA) is 71.3 Å². The van der Waals surface area contributed by atoms with Crippen LogP contribution >= 0.6 is 0 Å². The van der Waals surface area contributed by atoms with Crippen molar-refractivity contribution >= 4 is 11.9 Å². The van der Waals surface area contributed by atoms with Gasteiger partial charge in [-0.15, -0.1) is 0 Å². The first-order valence-corrected chi connectivity index (χ1v) is 6.86. The van der Waals surface area contributed by atoms with Crippen molar-refractivity contribution in [2.45, 2.75) is 19.4 Å². The average Bonchev–Trinajstić information content (AvgIpc) is 2.92. The normalized spacial score (nSPS) is 10.3. The van der Waals surface area contributed by atoms with Crippen LogP contribution in [-0.2, 0) is 11.3 Å². The van der Waals surface area contributed by atoms with Gasteiger partial charge in [-0.05, 0) is 24.1 Å². The Morgan fingerprint density at radius 2 is 1.86 bits per heavy atom. The first kappa shape index (κ1) is 14.8. The molecule has 0 bridgehead atoms. The van der Waals surface area contributed by atoms with Crippen LogP contribution in [0, 0.1) is 0 Å². The van der Waals surface area contributed by atoms with Gasteiger partial charge in [0.2, 0.25) is 0 Å². The Bertz CT molecular complexity index is 605. The summed E-state index contributed by atoms with van der Waals surface area (Å²) in [6.45, 7) is 0.993. The van der Waals surface area contributed by atoms with Gasteiger partial charge in [0.1, 0.15) is 5.69 Å². The summed E-state index contributed by atoms with van der Waals surface area (Å²) in [5, 5.41) is 11.3. The fourth-order valence-corrected chi connectivity index (χ4v) is 2.07. The summed E-state index contributed by atoms with van der Waals surface area (Å²) < 4.78 is 1.88.